The number of benzene rings is 2. The zero-order valence-corrected chi connectivity index (χ0v) is 13.5. The van der Waals surface area contributed by atoms with Gasteiger partial charge in [0, 0.05) is 16.8 Å². The minimum absolute atomic E-state index is 0.191. The topological polar surface area (TPSA) is 59.3 Å². The number of hydrogen-bond donors (Lipinski definition) is 1. The second-order valence-corrected chi connectivity index (χ2v) is 5.73. The minimum Gasteiger partial charge on any atom is -0.453 e. The Kier molecular flexibility index (Phi) is 4.29. The van der Waals surface area contributed by atoms with E-state index in [1.165, 1.54) is 0 Å². The molecule has 0 aliphatic rings. The highest BCUT2D eigenvalue weighted by Gasteiger charge is 2.10. The van der Waals surface area contributed by atoms with Crippen molar-refractivity contribution in [2.75, 3.05) is 5.32 Å². The Morgan fingerprint density at radius 3 is 2.42 bits per heavy atom. The Morgan fingerprint density at radius 2 is 1.75 bits per heavy atom. The zero-order chi connectivity index (χ0) is 17.1. The average Bonchev–Trinajstić information content (AvgIpc) is 3.03. The minimum atomic E-state index is -0.191. The first-order chi connectivity index (χ1) is 11.5. The molecular weight excluding hydrogens is 302 g/mol. The first-order valence-electron chi connectivity index (χ1n) is 7.60. The molecule has 3 aromatic rings. The van der Waals surface area contributed by atoms with E-state index in [2.05, 4.69) is 11.4 Å². The summed E-state index contributed by atoms with van der Waals surface area (Å²) in [6.07, 6.45) is 0.653. The van der Waals surface area contributed by atoms with Crippen molar-refractivity contribution < 1.29 is 14.0 Å². The lowest BCUT2D eigenvalue weighted by atomic mass is 10.1. The first-order valence-corrected chi connectivity index (χ1v) is 7.60. The number of amides is 1. The molecule has 2 aromatic carbocycles. The molecule has 0 bridgehead atoms. The van der Waals surface area contributed by atoms with Crippen molar-refractivity contribution in [3.8, 4) is 11.3 Å². The Balaban J connectivity index is 1.85. The van der Waals surface area contributed by atoms with Crippen molar-refractivity contribution in [3.63, 3.8) is 0 Å². The van der Waals surface area contributed by atoms with Crippen molar-refractivity contribution in [3.05, 3.63) is 77.0 Å². The van der Waals surface area contributed by atoms with E-state index in [0.717, 1.165) is 22.4 Å². The van der Waals surface area contributed by atoms with Gasteiger partial charge in [0.15, 0.2) is 12.0 Å². The van der Waals surface area contributed by atoms with Crippen LogP contribution in [0.3, 0.4) is 0 Å². The van der Waals surface area contributed by atoms with Gasteiger partial charge in [-0.1, -0.05) is 18.2 Å². The van der Waals surface area contributed by atoms with Crippen LogP contribution in [0.25, 0.3) is 11.3 Å². The highest BCUT2D eigenvalue weighted by atomic mass is 16.3. The summed E-state index contributed by atoms with van der Waals surface area (Å²) in [7, 11) is 0. The van der Waals surface area contributed by atoms with Crippen molar-refractivity contribution >= 4 is 17.9 Å². The highest BCUT2D eigenvalue weighted by Crippen LogP contribution is 2.23. The molecule has 1 heterocycles. The zero-order valence-electron chi connectivity index (χ0n) is 13.5. The highest BCUT2D eigenvalue weighted by molar-refractivity contribution is 6.05. The molecule has 0 radical (unpaired) electrons. The van der Waals surface area contributed by atoms with Crippen LogP contribution in [0.2, 0.25) is 0 Å². The van der Waals surface area contributed by atoms with Crippen LogP contribution in [-0.4, -0.2) is 12.2 Å². The largest absolute Gasteiger partial charge is 0.453 e. The number of anilines is 1. The third-order valence-electron chi connectivity index (χ3n) is 3.63. The van der Waals surface area contributed by atoms with E-state index in [4.69, 9.17) is 4.42 Å². The van der Waals surface area contributed by atoms with Crippen molar-refractivity contribution in [1.82, 2.24) is 0 Å². The fraction of sp³-hybridized carbons (Fsp3) is 0.100. The van der Waals surface area contributed by atoms with Crippen LogP contribution in [0.4, 0.5) is 5.69 Å². The molecule has 0 fully saturated rings. The van der Waals surface area contributed by atoms with Gasteiger partial charge in [0.2, 0.25) is 0 Å². The van der Waals surface area contributed by atoms with Gasteiger partial charge in [-0.2, -0.15) is 0 Å². The number of aldehydes is 1. The van der Waals surface area contributed by atoms with Crippen LogP contribution < -0.4 is 5.32 Å². The van der Waals surface area contributed by atoms with Crippen molar-refractivity contribution in [2.45, 2.75) is 13.8 Å². The van der Waals surface area contributed by atoms with Gasteiger partial charge < -0.3 is 9.73 Å². The third kappa shape index (κ3) is 3.43. The van der Waals surface area contributed by atoms with Gasteiger partial charge in [0.25, 0.3) is 5.91 Å². The smallest absolute Gasteiger partial charge is 0.255 e. The van der Waals surface area contributed by atoms with E-state index in [0.29, 0.717) is 17.6 Å². The lowest BCUT2D eigenvalue weighted by Crippen LogP contribution is -2.12. The summed E-state index contributed by atoms with van der Waals surface area (Å²) in [5.41, 5.74) is 4.23. The molecule has 4 nitrogen and oxygen atoms in total. The summed E-state index contributed by atoms with van der Waals surface area (Å²) in [5.74, 6) is 0.622. The average molecular weight is 319 g/mol. The molecule has 0 saturated carbocycles. The Labute approximate surface area is 140 Å². The van der Waals surface area contributed by atoms with Gasteiger partial charge in [-0.3, -0.25) is 9.59 Å². The number of rotatable bonds is 4. The number of carbonyl (C=O) groups excluding carboxylic acids is 2. The molecule has 1 aromatic heterocycles. The molecule has 0 saturated heterocycles. The molecule has 4 heteroatoms. The first kappa shape index (κ1) is 15.7. The van der Waals surface area contributed by atoms with Gasteiger partial charge in [-0.05, 0) is 61.4 Å². The Morgan fingerprint density at radius 1 is 1.00 bits per heavy atom. The van der Waals surface area contributed by atoms with E-state index < -0.39 is 0 Å². The second-order valence-electron chi connectivity index (χ2n) is 5.73. The predicted octanol–water partition coefficient (Wildman–Crippen LogP) is 4.63. The second kappa shape index (κ2) is 6.54. The van der Waals surface area contributed by atoms with Gasteiger partial charge in [-0.15, -0.1) is 0 Å². The van der Waals surface area contributed by atoms with E-state index in [-0.39, 0.29) is 11.7 Å². The third-order valence-corrected chi connectivity index (χ3v) is 3.63. The molecule has 0 spiro atoms. The normalized spacial score (nSPS) is 10.4. The molecular formula is C20H17NO3. The lowest BCUT2D eigenvalue weighted by molar-refractivity contribution is 0.102. The monoisotopic (exact) mass is 319 g/mol. The maximum absolute atomic E-state index is 12.5. The molecule has 1 amide bonds. The van der Waals surface area contributed by atoms with E-state index in [1.54, 1.807) is 30.3 Å². The number of carbonyl (C=O) groups is 2. The van der Waals surface area contributed by atoms with Crippen LogP contribution in [0.1, 0.15) is 32.0 Å². The Hall–Kier alpha value is -3.14. The van der Waals surface area contributed by atoms with E-state index in [1.807, 2.05) is 32.0 Å². The van der Waals surface area contributed by atoms with Gasteiger partial charge >= 0.3 is 0 Å². The van der Waals surface area contributed by atoms with Crippen LogP contribution >= 0.6 is 0 Å². The molecule has 0 aliphatic carbocycles. The number of hydrogen-bond acceptors (Lipinski definition) is 3. The fourth-order valence-corrected chi connectivity index (χ4v) is 2.64. The van der Waals surface area contributed by atoms with Gasteiger partial charge in [0.1, 0.15) is 5.76 Å². The molecule has 120 valence electrons. The van der Waals surface area contributed by atoms with Crippen LogP contribution in [0.5, 0.6) is 0 Å². The summed E-state index contributed by atoms with van der Waals surface area (Å²) in [5, 5.41) is 2.91. The van der Waals surface area contributed by atoms with Crippen molar-refractivity contribution in [2.24, 2.45) is 0 Å². The number of aryl methyl sites for hydroxylation is 2. The molecule has 0 aliphatic heterocycles. The number of nitrogens with one attached hydrogen (secondary N) is 1. The number of furan rings is 1. The summed E-state index contributed by atoms with van der Waals surface area (Å²) >= 11 is 0. The maximum atomic E-state index is 12.5. The molecule has 0 unspecified atom stereocenters. The van der Waals surface area contributed by atoms with E-state index in [9.17, 15) is 9.59 Å². The SMILES string of the molecule is Cc1cc(C)cc(NC(=O)c2cccc(-c3ccc(C=O)o3)c2)c1. The molecule has 3 rings (SSSR count). The lowest BCUT2D eigenvalue weighted by Gasteiger charge is -2.08. The standard InChI is InChI=1S/C20H17NO3/c1-13-8-14(2)10-17(9-13)21-20(23)16-5-3-4-15(11-16)19-7-6-18(12-22)24-19/h3-12H,1-2H3,(H,21,23). The van der Waals surface area contributed by atoms with Gasteiger partial charge in [-0.25, -0.2) is 0 Å². The maximum Gasteiger partial charge on any atom is 0.255 e. The molecule has 24 heavy (non-hydrogen) atoms. The van der Waals surface area contributed by atoms with Crippen LogP contribution in [-0.2, 0) is 0 Å². The summed E-state index contributed by atoms with van der Waals surface area (Å²) in [6, 6.07) is 16.3. The quantitative estimate of drug-likeness (QED) is 0.713. The summed E-state index contributed by atoms with van der Waals surface area (Å²) < 4.78 is 5.40. The fourth-order valence-electron chi connectivity index (χ4n) is 2.64. The summed E-state index contributed by atoms with van der Waals surface area (Å²) in [4.78, 5) is 23.2. The predicted molar refractivity (Wildman–Crippen MR) is 93.4 cm³/mol. The van der Waals surface area contributed by atoms with Crippen LogP contribution in [0.15, 0.2) is 59.0 Å². The Bertz CT molecular complexity index is 889. The summed E-state index contributed by atoms with van der Waals surface area (Å²) in [6.45, 7) is 3.98. The molecule has 0 atom stereocenters. The van der Waals surface area contributed by atoms with Crippen molar-refractivity contribution in [1.29, 1.82) is 0 Å². The van der Waals surface area contributed by atoms with Crippen LogP contribution in [0, 0.1) is 13.8 Å². The molecule has 1 N–H and O–H groups in total. The van der Waals surface area contributed by atoms with E-state index >= 15 is 0 Å². The van der Waals surface area contributed by atoms with Gasteiger partial charge in [0.05, 0.1) is 0 Å².